The maximum absolute atomic E-state index is 13.0. The maximum Gasteiger partial charge on any atom is 0.343 e. The number of hydrogen-bond donors (Lipinski definition) is 1. The number of rotatable bonds is 10. The summed E-state index contributed by atoms with van der Waals surface area (Å²) in [5, 5.41) is 3.43. The molecule has 0 aliphatic carbocycles. The molecule has 0 saturated carbocycles. The Bertz CT molecular complexity index is 1030. The minimum atomic E-state index is -0.674. The van der Waals surface area contributed by atoms with Crippen LogP contribution in [0.15, 0.2) is 96.7 Å². The van der Waals surface area contributed by atoms with Gasteiger partial charge >= 0.3 is 5.97 Å². The van der Waals surface area contributed by atoms with Gasteiger partial charge in [0, 0.05) is 24.2 Å². The largest absolute Gasteiger partial charge is 0.462 e. The second kappa shape index (κ2) is 11.9. The van der Waals surface area contributed by atoms with Gasteiger partial charge in [-0.25, -0.2) is 4.79 Å². The second-order valence-corrected chi connectivity index (χ2v) is 7.61. The molecule has 3 aromatic carbocycles. The van der Waals surface area contributed by atoms with E-state index in [2.05, 4.69) is 29.6 Å². The van der Waals surface area contributed by atoms with E-state index in [0.29, 0.717) is 11.6 Å². The van der Waals surface area contributed by atoms with Crippen LogP contribution in [0.4, 0.5) is 0 Å². The number of Topliss-reactive ketones (excluding diaryl/α,β-unsaturated/α-hetero) is 1. The monoisotopic (exact) mass is 447 g/mol. The Morgan fingerprint density at radius 2 is 1.47 bits per heavy atom. The Labute approximate surface area is 193 Å². The molecule has 0 heterocycles. The van der Waals surface area contributed by atoms with Crippen molar-refractivity contribution in [2.24, 2.45) is 0 Å². The summed E-state index contributed by atoms with van der Waals surface area (Å²) >= 11 is 6.16. The van der Waals surface area contributed by atoms with Crippen LogP contribution in [0.25, 0.3) is 0 Å². The molecule has 0 unspecified atom stereocenters. The molecule has 0 spiro atoms. The summed E-state index contributed by atoms with van der Waals surface area (Å²) in [5.74, 6) is -0.958. The van der Waals surface area contributed by atoms with E-state index in [-0.39, 0.29) is 23.7 Å². The van der Waals surface area contributed by atoms with Crippen LogP contribution >= 0.6 is 11.6 Å². The Balaban J connectivity index is 1.77. The van der Waals surface area contributed by atoms with Gasteiger partial charge in [-0.15, -0.1) is 0 Å². The van der Waals surface area contributed by atoms with E-state index in [9.17, 15) is 9.59 Å². The molecule has 0 amide bonds. The van der Waals surface area contributed by atoms with Gasteiger partial charge in [-0.2, -0.15) is 0 Å². The molecule has 1 N–H and O–H groups in total. The van der Waals surface area contributed by atoms with Crippen molar-refractivity contribution >= 4 is 23.4 Å². The van der Waals surface area contributed by atoms with Gasteiger partial charge in [-0.1, -0.05) is 84.4 Å². The van der Waals surface area contributed by atoms with Crippen LogP contribution in [0.5, 0.6) is 0 Å². The predicted octanol–water partition coefficient (Wildman–Crippen LogP) is 5.78. The van der Waals surface area contributed by atoms with Crippen LogP contribution in [0.1, 0.15) is 40.7 Å². The van der Waals surface area contributed by atoms with Gasteiger partial charge in [0.05, 0.1) is 11.6 Å². The van der Waals surface area contributed by atoms with Gasteiger partial charge in [0.1, 0.15) is 5.57 Å². The summed E-state index contributed by atoms with van der Waals surface area (Å²) < 4.78 is 5.09. The summed E-state index contributed by atoms with van der Waals surface area (Å²) in [6.07, 6.45) is 2.22. The molecule has 0 radical (unpaired) electrons. The first-order chi connectivity index (χ1) is 15.6. The predicted molar refractivity (Wildman–Crippen MR) is 128 cm³/mol. The number of halogens is 1. The quantitative estimate of drug-likeness (QED) is 0.107. The third-order valence-corrected chi connectivity index (χ3v) is 5.42. The van der Waals surface area contributed by atoms with Crippen LogP contribution in [0, 0.1) is 0 Å². The average Bonchev–Trinajstić information content (AvgIpc) is 2.82. The lowest BCUT2D eigenvalue weighted by Crippen LogP contribution is -2.21. The van der Waals surface area contributed by atoms with E-state index >= 15 is 0 Å². The zero-order valence-electron chi connectivity index (χ0n) is 18.0. The molecule has 164 valence electrons. The van der Waals surface area contributed by atoms with Crippen LogP contribution in [0.2, 0.25) is 5.02 Å². The number of benzene rings is 3. The highest BCUT2D eigenvalue weighted by molar-refractivity contribution is 6.36. The molecular weight excluding hydrogens is 422 g/mol. The highest BCUT2D eigenvalue weighted by Crippen LogP contribution is 2.27. The van der Waals surface area contributed by atoms with Crippen molar-refractivity contribution in [3.63, 3.8) is 0 Å². The summed E-state index contributed by atoms with van der Waals surface area (Å²) in [7, 11) is 0. The number of ketones is 1. The summed E-state index contributed by atoms with van der Waals surface area (Å²) in [6, 6.07) is 27.2. The summed E-state index contributed by atoms with van der Waals surface area (Å²) in [6.45, 7) is 2.44. The smallest absolute Gasteiger partial charge is 0.343 e. The molecule has 32 heavy (non-hydrogen) atoms. The third-order valence-electron chi connectivity index (χ3n) is 5.09. The molecule has 0 saturated heterocycles. The molecule has 0 atom stereocenters. The van der Waals surface area contributed by atoms with E-state index in [1.54, 1.807) is 31.2 Å². The molecule has 3 rings (SSSR count). The van der Waals surface area contributed by atoms with Gasteiger partial charge in [-0.3, -0.25) is 4.79 Å². The van der Waals surface area contributed by atoms with Gasteiger partial charge in [0.2, 0.25) is 5.78 Å². The Morgan fingerprint density at radius 1 is 0.906 bits per heavy atom. The van der Waals surface area contributed by atoms with Crippen LogP contribution < -0.4 is 5.32 Å². The third kappa shape index (κ3) is 6.08. The molecule has 4 nitrogen and oxygen atoms in total. The van der Waals surface area contributed by atoms with Crippen molar-refractivity contribution in [2.45, 2.75) is 19.3 Å². The molecule has 0 aliphatic heterocycles. The Kier molecular flexibility index (Phi) is 8.64. The zero-order valence-corrected chi connectivity index (χ0v) is 18.7. The van der Waals surface area contributed by atoms with Gasteiger partial charge < -0.3 is 10.1 Å². The molecule has 0 fully saturated rings. The SMILES string of the molecule is CCOC(=O)C(=CNCCC(c1ccccc1)c1ccccc1)C(=O)c1ccccc1Cl. The first-order valence-corrected chi connectivity index (χ1v) is 11.0. The number of carbonyl (C=O) groups excluding carboxylic acids is 2. The van der Waals surface area contributed by atoms with E-state index in [1.807, 2.05) is 36.4 Å². The van der Waals surface area contributed by atoms with Crippen molar-refractivity contribution < 1.29 is 14.3 Å². The van der Waals surface area contributed by atoms with Crippen molar-refractivity contribution in [1.82, 2.24) is 5.32 Å². The van der Waals surface area contributed by atoms with Crippen molar-refractivity contribution in [3.8, 4) is 0 Å². The lowest BCUT2D eigenvalue weighted by Gasteiger charge is -2.18. The fourth-order valence-corrected chi connectivity index (χ4v) is 3.74. The Hall–Kier alpha value is -3.37. The fraction of sp³-hybridized carbons (Fsp3) is 0.185. The van der Waals surface area contributed by atoms with Crippen LogP contribution in [-0.4, -0.2) is 24.9 Å². The lowest BCUT2D eigenvalue weighted by atomic mass is 9.88. The second-order valence-electron chi connectivity index (χ2n) is 7.20. The minimum absolute atomic E-state index is 0.0732. The maximum atomic E-state index is 13.0. The molecule has 0 aliphatic rings. The average molecular weight is 448 g/mol. The highest BCUT2D eigenvalue weighted by atomic mass is 35.5. The van der Waals surface area contributed by atoms with Gasteiger partial charge in [-0.05, 0) is 36.6 Å². The molecular formula is C27H26ClNO3. The zero-order chi connectivity index (χ0) is 22.8. The topological polar surface area (TPSA) is 55.4 Å². The summed E-state index contributed by atoms with van der Waals surface area (Å²) in [4.78, 5) is 25.4. The van der Waals surface area contributed by atoms with E-state index < -0.39 is 11.8 Å². The first-order valence-electron chi connectivity index (χ1n) is 10.6. The normalized spacial score (nSPS) is 11.3. The number of esters is 1. The molecule has 5 heteroatoms. The van der Waals surface area contributed by atoms with E-state index in [4.69, 9.17) is 16.3 Å². The highest BCUT2D eigenvalue weighted by Gasteiger charge is 2.23. The number of hydrogen-bond acceptors (Lipinski definition) is 4. The van der Waals surface area contributed by atoms with Crippen molar-refractivity contribution in [2.75, 3.05) is 13.2 Å². The standard InChI is InChI=1S/C27H26ClNO3/c1-2-32-27(31)24(26(30)23-15-9-10-16-25(23)28)19-29-18-17-22(20-11-5-3-6-12-20)21-13-7-4-8-14-21/h3-16,19,22,29H,2,17-18H2,1H3. The van der Waals surface area contributed by atoms with Crippen molar-refractivity contribution in [3.05, 3.63) is 118 Å². The lowest BCUT2D eigenvalue weighted by molar-refractivity contribution is -0.138. The number of carbonyl (C=O) groups is 2. The molecule has 3 aromatic rings. The Morgan fingerprint density at radius 3 is 2.03 bits per heavy atom. The summed E-state index contributed by atoms with van der Waals surface area (Å²) in [5.41, 5.74) is 2.61. The fourth-order valence-electron chi connectivity index (χ4n) is 3.51. The molecule has 0 bridgehead atoms. The number of nitrogens with one attached hydrogen (secondary N) is 1. The molecule has 0 aromatic heterocycles. The van der Waals surface area contributed by atoms with Crippen LogP contribution in [-0.2, 0) is 9.53 Å². The minimum Gasteiger partial charge on any atom is -0.462 e. The number of ether oxygens (including phenoxy) is 1. The van der Waals surface area contributed by atoms with Crippen LogP contribution in [0.3, 0.4) is 0 Å². The van der Waals surface area contributed by atoms with Gasteiger partial charge in [0.25, 0.3) is 0 Å². The van der Waals surface area contributed by atoms with Crippen molar-refractivity contribution in [1.29, 1.82) is 0 Å². The first kappa shape index (κ1) is 23.3. The van der Waals surface area contributed by atoms with E-state index in [0.717, 1.165) is 6.42 Å². The van der Waals surface area contributed by atoms with Gasteiger partial charge in [0.15, 0.2) is 0 Å². The van der Waals surface area contributed by atoms with E-state index in [1.165, 1.54) is 17.3 Å².